The van der Waals surface area contributed by atoms with Crippen molar-refractivity contribution in [1.29, 1.82) is 0 Å². The fourth-order valence-electron chi connectivity index (χ4n) is 2.83. The van der Waals surface area contributed by atoms with Crippen LogP contribution in [0.4, 0.5) is 5.82 Å². The van der Waals surface area contributed by atoms with Gasteiger partial charge in [-0.3, -0.25) is 4.98 Å². The van der Waals surface area contributed by atoms with E-state index >= 15 is 0 Å². The normalized spacial score (nSPS) is 12.2. The third kappa shape index (κ3) is 3.07. The number of aliphatic hydroxyl groups is 1. The van der Waals surface area contributed by atoms with E-state index < -0.39 is 0 Å². The van der Waals surface area contributed by atoms with Crippen molar-refractivity contribution in [2.45, 2.75) is 6.04 Å². The van der Waals surface area contributed by atoms with Gasteiger partial charge in [0.1, 0.15) is 17.8 Å². The molecule has 0 amide bonds. The Balaban J connectivity index is 1.71. The smallest absolute Gasteiger partial charge is 0.143 e. The highest BCUT2D eigenvalue weighted by Crippen LogP contribution is 2.28. The molecule has 0 saturated carbocycles. The van der Waals surface area contributed by atoms with Gasteiger partial charge in [0.2, 0.25) is 0 Å². The molecule has 0 aliphatic rings. The van der Waals surface area contributed by atoms with Gasteiger partial charge in [0.15, 0.2) is 0 Å². The monoisotopic (exact) mass is 331 g/mol. The van der Waals surface area contributed by atoms with Crippen LogP contribution < -0.4 is 5.32 Å². The molecule has 6 nitrogen and oxygen atoms in total. The van der Waals surface area contributed by atoms with Crippen LogP contribution in [0.1, 0.15) is 11.6 Å². The van der Waals surface area contributed by atoms with Crippen LogP contribution in [0, 0.1) is 0 Å². The Hall–Kier alpha value is -3.25. The third-order valence-corrected chi connectivity index (χ3v) is 4.11. The lowest BCUT2D eigenvalue weighted by molar-refractivity contribution is 0.276. The van der Waals surface area contributed by atoms with Crippen LogP contribution in [0.2, 0.25) is 0 Å². The van der Waals surface area contributed by atoms with Gasteiger partial charge in [-0.15, -0.1) is 0 Å². The first kappa shape index (κ1) is 15.3. The molecule has 0 spiro atoms. The zero-order valence-corrected chi connectivity index (χ0v) is 13.4. The van der Waals surface area contributed by atoms with Crippen LogP contribution in [-0.2, 0) is 0 Å². The largest absolute Gasteiger partial charge is 0.394 e. The van der Waals surface area contributed by atoms with E-state index in [1.165, 1.54) is 6.33 Å². The number of pyridine rings is 1. The minimum absolute atomic E-state index is 0.0306. The van der Waals surface area contributed by atoms with E-state index in [4.69, 9.17) is 0 Å². The molecule has 1 aromatic carbocycles. The Kier molecular flexibility index (Phi) is 4.10. The minimum Gasteiger partial charge on any atom is -0.394 e. The molecule has 1 atom stereocenters. The van der Waals surface area contributed by atoms with Gasteiger partial charge in [-0.05, 0) is 23.8 Å². The number of benzene rings is 1. The number of H-pyrrole nitrogens is 1. The van der Waals surface area contributed by atoms with Crippen LogP contribution >= 0.6 is 0 Å². The molecular formula is C19H17N5O. The highest BCUT2D eigenvalue weighted by atomic mass is 16.3. The van der Waals surface area contributed by atoms with E-state index in [1.54, 1.807) is 12.4 Å². The average molecular weight is 331 g/mol. The zero-order valence-electron chi connectivity index (χ0n) is 13.4. The third-order valence-electron chi connectivity index (χ3n) is 4.11. The number of hydrogen-bond acceptors (Lipinski definition) is 5. The second-order valence-corrected chi connectivity index (χ2v) is 5.69. The zero-order chi connectivity index (χ0) is 17.1. The molecule has 3 N–H and O–H groups in total. The fraction of sp³-hybridized carbons (Fsp3) is 0.105. The van der Waals surface area contributed by atoms with Crippen molar-refractivity contribution in [2.75, 3.05) is 11.9 Å². The van der Waals surface area contributed by atoms with Crippen molar-refractivity contribution in [3.63, 3.8) is 0 Å². The molecule has 4 rings (SSSR count). The second kappa shape index (κ2) is 6.70. The standard InChI is InChI=1S/C19H17N5O/c25-11-17(13-4-2-1-3-5-13)24-19-15-10-16(14-6-8-20-9-7-14)23-18(15)21-12-22-19/h1-10,12,17,25H,11H2,(H2,21,22,23,24)/t17-/m1/s1. The fourth-order valence-corrected chi connectivity index (χ4v) is 2.83. The van der Waals surface area contributed by atoms with Crippen molar-refractivity contribution < 1.29 is 5.11 Å². The van der Waals surface area contributed by atoms with Crippen molar-refractivity contribution in [2.24, 2.45) is 0 Å². The maximum Gasteiger partial charge on any atom is 0.143 e. The number of rotatable bonds is 5. The predicted molar refractivity (Wildman–Crippen MR) is 97.0 cm³/mol. The molecule has 3 heterocycles. The number of aromatic nitrogens is 4. The van der Waals surface area contributed by atoms with Gasteiger partial charge in [0, 0.05) is 23.7 Å². The molecule has 0 radical (unpaired) electrons. The molecule has 25 heavy (non-hydrogen) atoms. The number of fused-ring (bicyclic) bond motifs is 1. The number of anilines is 1. The van der Waals surface area contributed by atoms with Crippen LogP contribution in [0.5, 0.6) is 0 Å². The first-order valence-corrected chi connectivity index (χ1v) is 8.01. The molecule has 0 aliphatic carbocycles. The Morgan fingerprint density at radius 3 is 2.60 bits per heavy atom. The summed E-state index contributed by atoms with van der Waals surface area (Å²) in [6.07, 6.45) is 5.02. The summed E-state index contributed by atoms with van der Waals surface area (Å²) in [5.74, 6) is 0.685. The van der Waals surface area contributed by atoms with Crippen LogP contribution in [-0.4, -0.2) is 31.6 Å². The van der Waals surface area contributed by atoms with E-state index in [-0.39, 0.29) is 12.6 Å². The first-order chi connectivity index (χ1) is 12.3. The molecular weight excluding hydrogens is 314 g/mol. The number of nitrogens with zero attached hydrogens (tertiary/aromatic N) is 3. The average Bonchev–Trinajstić information content (AvgIpc) is 3.12. The quantitative estimate of drug-likeness (QED) is 0.523. The van der Waals surface area contributed by atoms with E-state index in [1.807, 2.05) is 48.5 Å². The lowest BCUT2D eigenvalue weighted by atomic mass is 10.1. The van der Waals surface area contributed by atoms with Crippen molar-refractivity contribution in [3.8, 4) is 11.3 Å². The number of hydrogen-bond donors (Lipinski definition) is 3. The van der Waals surface area contributed by atoms with Gasteiger partial charge < -0.3 is 15.4 Å². The Bertz CT molecular complexity index is 969. The molecule has 3 aromatic heterocycles. The number of nitrogens with one attached hydrogen (secondary N) is 2. The van der Waals surface area contributed by atoms with Gasteiger partial charge >= 0.3 is 0 Å². The molecule has 0 saturated heterocycles. The summed E-state index contributed by atoms with van der Waals surface area (Å²) in [6.45, 7) is -0.0306. The highest BCUT2D eigenvalue weighted by Gasteiger charge is 2.14. The van der Waals surface area contributed by atoms with Crippen LogP contribution in [0.3, 0.4) is 0 Å². The SMILES string of the molecule is OC[C@@H](Nc1ncnc2[nH]c(-c3ccncc3)cc12)c1ccccc1. The maximum atomic E-state index is 9.78. The molecule has 124 valence electrons. The lowest BCUT2D eigenvalue weighted by Gasteiger charge is -2.17. The summed E-state index contributed by atoms with van der Waals surface area (Å²) >= 11 is 0. The molecule has 0 aliphatic heterocycles. The van der Waals surface area contributed by atoms with Crippen molar-refractivity contribution >= 4 is 16.9 Å². The predicted octanol–water partition coefficient (Wildman–Crippen LogP) is 3.17. The van der Waals surface area contributed by atoms with Gasteiger partial charge in [0.05, 0.1) is 18.0 Å². The molecule has 0 unspecified atom stereocenters. The Morgan fingerprint density at radius 1 is 1.04 bits per heavy atom. The summed E-state index contributed by atoms with van der Waals surface area (Å²) in [5, 5.41) is 14.0. The van der Waals surface area contributed by atoms with Gasteiger partial charge in [-0.2, -0.15) is 0 Å². The van der Waals surface area contributed by atoms with Gasteiger partial charge in [0.25, 0.3) is 0 Å². The summed E-state index contributed by atoms with van der Waals surface area (Å²) in [6, 6.07) is 15.5. The van der Waals surface area contributed by atoms with Gasteiger partial charge in [-0.25, -0.2) is 9.97 Å². The minimum atomic E-state index is -0.237. The topological polar surface area (TPSA) is 86.7 Å². The Morgan fingerprint density at radius 2 is 1.84 bits per heavy atom. The second-order valence-electron chi connectivity index (χ2n) is 5.69. The lowest BCUT2D eigenvalue weighted by Crippen LogP contribution is -2.15. The van der Waals surface area contributed by atoms with E-state index in [0.717, 1.165) is 27.9 Å². The van der Waals surface area contributed by atoms with E-state index in [0.29, 0.717) is 5.82 Å². The summed E-state index contributed by atoms with van der Waals surface area (Å²) < 4.78 is 0. The maximum absolute atomic E-state index is 9.78. The van der Waals surface area contributed by atoms with E-state index in [2.05, 4.69) is 25.3 Å². The van der Waals surface area contributed by atoms with Crippen LogP contribution in [0.15, 0.2) is 67.3 Å². The molecule has 0 bridgehead atoms. The van der Waals surface area contributed by atoms with Crippen LogP contribution in [0.25, 0.3) is 22.3 Å². The molecule has 0 fully saturated rings. The summed E-state index contributed by atoms with van der Waals surface area (Å²) in [7, 11) is 0. The molecule has 4 aromatic rings. The van der Waals surface area contributed by atoms with Crippen molar-refractivity contribution in [1.82, 2.24) is 19.9 Å². The molecule has 6 heteroatoms. The van der Waals surface area contributed by atoms with Crippen molar-refractivity contribution in [3.05, 3.63) is 72.8 Å². The number of aliphatic hydroxyl groups excluding tert-OH is 1. The Labute approximate surface area is 144 Å². The van der Waals surface area contributed by atoms with Gasteiger partial charge in [-0.1, -0.05) is 30.3 Å². The first-order valence-electron chi connectivity index (χ1n) is 8.01. The van der Waals surface area contributed by atoms with E-state index in [9.17, 15) is 5.11 Å². The highest BCUT2D eigenvalue weighted by molar-refractivity contribution is 5.91. The summed E-state index contributed by atoms with van der Waals surface area (Å²) in [5.41, 5.74) is 3.72. The number of aromatic amines is 1. The summed E-state index contributed by atoms with van der Waals surface area (Å²) in [4.78, 5) is 16.0.